The van der Waals surface area contributed by atoms with Gasteiger partial charge in [0.25, 0.3) is 0 Å². The fourth-order valence-corrected chi connectivity index (χ4v) is 1.23. The maximum absolute atomic E-state index is 12.6. The highest BCUT2D eigenvalue weighted by Crippen LogP contribution is 2.31. The summed E-state index contributed by atoms with van der Waals surface area (Å²) in [7, 11) is 0. The van der Waals surface area contributed by atoms with Crippen molar-refractivity contribution in [2.75, 3.05) is 6.61 Å². The molecule has 1 nitrogen and oxygen atoms in total. The second-order valence-electron chi connectivity index (χ2n) is 2.82. The van der Waals surface area contributed by atoms with Gasteiger partial charge < -0.3 is 4.74 Å². The molecule has 2 heteroatoms. The maximum Gasteiger partial charge on any atom is 0.123 e. The van der Waals surface area contributed by atoms with E-state index >= 15 is 0 Å². The molecule has 0 aromatic heterocycles. The Balaban J connectivity index is 2.39. The lowest BCUT2D eigenvalue weighted by molar-refractivity contribution is 0.414. The summed E-state index contributed by atoms with van der Waals surface area (Å²) in [6.45, 7) is 2.69. The van der Waals surface area contributed by atoms with Crippen molar-refractivity contribution in [3.8, 4) is 0 Å². The van der Waals surface area contributed by atoms with E-state index in [9.17, 15) is 4.39 Å². The molecule has 1 aromatic carbocycles. The van der Waals surface area contributed by atoms with Crippen molar-refractivity contribution in [2.24, 2.45) is 0 Å². The number of halogens is 1. The van der Waals surface area contributed by atoms with Crippen molar-refractivity contribution in [2.45, 2.75) is 13.0 Å². The SMILES string of the molecule is Cc1cc(F)ccc1[C@@H]1CO1. The van der Waals surface area contributed by atoms with E-state index in [0.717, 1.165) is 17.7 Å². The van der Waals surface area contributed by atoms with Crippen LogP contribution in [0.2, 0.25) is 0 Å². The van der Waals surface area contributed by atoms with Crippen LogP contribution in [-0.4, -0.2) is 6.61 Å². The number of hydrogen-bond donors (Lipinski definition) is 0. The van der Waals surface area contributed by atoms with Crippen LogP contribution in [0.5, 0.6) is 0 Å². The lowest BCUT2D eigenvalue weighted by Gasteiger charge is -2.00. The Hall–Kier alpha value is -0.890. The molecule has 11 heavy (non-hydrogen) atoms. The molecule has 1 aromatic rings. The second-order valence-corrected chi connectivity index (χ2v) is 2.82. The Kier molecular flexibility index (Phi) is 1.43. The van der Waals surface area contributed by atoms with Crippen molar-refractivity contribution in [3.63, 3.8) is 0 Å². The Morgan fingerprint density at radius 3 is 2.82 bits per heavy atom. The van der Waals surface area contributed by atoms with Crippen LogP contribution in [0.25, 0.3) is 0 Å². The summed E-state index contributed by atoms with van der Waals surface area (Å²) in [6.07, 6.45) is 0.232. The van der Waals surface area contributed by atoms with E-state index in [0.29, 0.717) is 0 Å². The van der Waals surface area contributed by atoms with Crippen molar-refractivity contribution in [1.29, 1.82) is 0 Å². The molecule has 1 aliphatic rings. The predicted octanol–water partition coefficient (Wildman–Crippen LogP) is 2.21. The summed E-state index contributed by atoms with van der Waals surface area (Å²) in [5, 5.41) is 0. The summed E-state index contributed by atoms with van der Waals surface area (Å²) in [5.74, 6) is -0.174. The molecule has 1 fully saturated rings. The van der Waals surface area contributed by atoms with E-state index in [-0.39, 0.29) is 11.9 Å². The van der Waals surface area contributed by atoms with Gasteiger partial charge in [-0.25, -0.2) is 4.39 Å². The number of hydrogen-bond acceptors (Lipinski definition) is 1. The molecule has 0 bridgehead atoms. The normalized spacial score (nSPS) is 21.8. The van der Waals surface area contributed by atoms with Crippen LogP contribution in [0.4, 0.5) is 4.39 Å². The van der Waals surface area contributed by atoms with E-state index in [2.05, 4.69) is 0 Å². The molecule has 0 amide bonds. The molecule has 0 unspecified atom stereocenters. The molecule has 1 aliphatic heterocycles. The van der Waals surface area contributed by atoms with Gasteiger partial charge in [-0.1, -0.05) is 6.07 Å². The van der Waals surface area contributed by atoms with Crippen LogP contribution in [0.15, 0.2) is 18.2 Å². The third-order valence-electron chi connectivity index (χ3n) is 1.91. The van der Waals surface area contributed by atoms with Gasteiger partial charge in [-0.2, -0.15) is 0 Å². The minimum Gasteiger partial charge on any atom is -0.368 e. The topological polar surface area (TPSA) is 12.5 Å². The molecule has 1 saturated heterocycles. The minimum atomic E-state index is -0.174. The summed E-state index contributed by atoms with van der Waals surface area (Å²) in [6, 6.07) is 4.81. The first-order chi connectivity index (χ1) is 5.27. The quantitative estimate of drug-likeness (QED) is 0.562. The standard InChI is InChI=1S/C9H9FO/c1-6-4-7(10)2-3-8(6)9-5-11-9/h2-4,9H,5H2,1H3/t9-/m0/s1. The zero-order valence-electron chi connectivity index (χ0n) is 6.30. The second kappa shape index (κ2) is 2.31. The average molecular weight is 152 g/mol. The summed E-state index contributed by atoms with van der Waals surface area (Å²) in [5.41, 5.74) is 2.10. The van der Waals surface area contributed by atoms with E-state index in [4.69, 9.17) is 4.74 Å². The number of ether oxygens (including phenoxy) is 1. The minimum absolute atomic E-state index is 0.174. The smallest absolute Gasteiger partial charge is 0.123 e. The lowest BCUT2D eigenvalue weighted by atomic mass is 10.1. The average Bonchev–Trinajstić information content (AvgIpc) is 2.70. The molecule has 58 valence electrons. The molecule has 0 N–H and O–H groups in total. The van der Waals surface area contributed by atoms with Crippen molar-refractivity contribution >= 4 is 0 Å². The Morgan fingerprint density at radius 2 is 2.27 bits per heavy atom. The molecule has 0 saturated carbocycles. The number of benzene rings is 1. The van der Waals surface area contributed by atoms with E-state index in [1.807, 2.05) is 6.92 Å². The van der Waals surface area contributed by atoms with Crippen LogP contribution in [0, 0.1) is 12.7 Å². The number of rotatable bonds is 1. The van der Waals surface area contributed by atoms with Gasteiger partial charge in [-0.05, 0) is 30.2 Å². The van der Waals surface area contributed by atoms with E-state index in [1.165, 1.54) is 12.1 Å². The zero-order chi connectivity index (χ0) is 7.84. The molecule has 1 atom stereocenters. The number of aryl methyl sites for hydroxylation is 1. The third kappa shape index (κ3) is 1.26. The first-order valence-electron chi connectivity index (χ1n) is 3.65. The van der Waals surface area contributed by atoms with Gasteiger partial charge in [0.05, 0.1) is 6.61 Å². The summed E-state index contributed by atoms with van der Waals surface area (Å²) >= 11 is 0. The fraction of sp³-hybridized carbons (Fsp3) is 0.333. The number of epoxide rings is 1. The fourth-order valence-electron chi connectivity index (χ4n) is 1.23. The van der Waals surface area contributed by atoms with Gasteiger partial charge in [0.2, 0.25) is 0 Å². The highest BCUT2D eigenvalue weighted by Gasteiger charge is 2.25. The molecule has 1 heterocycles. The van der Waals surface area contributed by atoms with E-state index in [1.54, 1.807) is 6.07 Å². The third-order valence-corrected chi connectivity index (χ3v) is 1.91. The summed E-state index contributed by atoms with van der Waals surface area (Å²) < 4.78 is 17.7. The zero-order valence-corrected chi connectivity index (χ0v) is 6.30. The monoisotopic (exact) mass is 152 g/mol. The van der Waals surface area contributed by atoms with Gasteiger partial charge in [0, 0.05) is 0 Å². The molecule has 2 rings (SSSR count). The van der Waals surface area contributed by atoms with E-state index < -0.39 is 0 Å². The largest absolute Gasteiger partial charge is 0.368 e. The Bertz CT molecular complexity index is 279. The van der Waals surface area contributed by atoms with Crippen molar-refractivity contribution in [1.82, 2.24) is 0 Å². The Labute approximate surface area is 64.8 Å². The molecule has 0 spiro atoms. The molecular formula is C9H9FO. The van der Waals surface area contributed by atoms with Gasteiger partial charge in [0.15, 0.2) is 0 Å². The van der Waals surface area contributed by atoms with Gasteiger partial charge >= 0.3 is 0 Å². The highest BCUT2D eigenvalue weighted by molar-refractivity contribution is 5.30. The van der Waals surface area contributed by atoms with Gasteiger partial charge in [-0.3, -0.25) is 0 Å². The van der Waals surface area contributed by atoms with Crippen LogP contribution >= 0.6 is 0 Å². The first kappa shape index (κ1) is 6.80. The maximum atomic E-state index is 12.6. The van der Waals surface area contributed by atoms with Crippen molar-refractivity contribution < 1.29 is 9.13 Å². The summed E-state index contributed by atoms with van der Waals surface area (Å²) in [4.78, 5) is 0. The van der Waals surface area contributed by atoms with Crippen LogP contribution in [0.3, 0.4) is 0 Å². The lowest BCUT2D eigenvalue weighted by Crippen LogP contribution is -1.87. The molecule has 0 radical (unpaired) electrons. The van der Waals surface area contributed by atoms with Crippen LogP contribution < -0.4 is 0 Å². The predicted molar refractivity (Wildman–Crippen MR) is 39.8 cm³/mol. The van der Waals surface area contributed by atoms with Crippen LogP contribution in [0.1, 0.15) is 17.2 Å². The molecule has 0 aliphatic carbocycles. The first-order valence-corrected chi connectivity index (χ1v) is 3.65. The highest BCUT2D eigenvalue weighted by atomic mass is 19.1. The van der Waals surface area contributed by atoms with Crippen molar-refractivity contribution in [3.05, 3.63) is 35.1 Å². The van der Waals surface area contributed by atoms with Crippen LogP contribution in [-0.2, 0) is 4.74 Å². The van der Waals surface area contributed by atoms with Gasteiger partial charge in [0.1, 0.15) is 11.9 Å². The molecular weight excluding hydrogens is 143 g/mol. The Morgan fingerprint density at radius 1 is 1.55 bits per heavy atom. The van der Waals surface area contributed by atoms with Gasteiger partial charge in [-0.15, -0.1) is 0 Å².